The first kappa shape index (κ1) is 12.4. The van der Waals surface area contributed by atoms with E-state index in [0.717, 1.165) is 5.56 Å². The van der Waals surface area contributed by atoms with Crippen molar-refractivity contribution in [1.82, 2.24) is 0 Å². The first-order valence-electron chi connectivity index (χ1n) is 5.61. The SMILES string of the molecule is CC(C)(C)OC(=O)/N=C\c1ccc2c(c1)OCO2. The summed E-state index contributed by atoms with van der Waals surface area (Å²) in [5, 5.41) is 0. The molecule has 1 aliphatic heterocycles. The highest BCUT2D eigenvalue weighted by molar-refractivity contribution is 5.89. The Morgan fingerprint density at radius 1 is 1.33 bits per heavy atom. The van der Waals surface area contributed by atoms with Gasteiger partial charge in [-0.25, -0.2) is 4.79 Å². The molecule has 1 aromatic carbocycles. The Bertz CT molecular complexity index is 488. The first-order valence-corrected chi connectivity index (χ1v) is 5.61. The summed E-state index contributed by atoms with van der Waals surface area (Å²) < 4.78 is 15.5. The molecule has 0 aromatic heterocycles. The molecule has 0 fully saturated rings. The molecular formula is C13H15NO4. The van der Waals surface area contributed by atoms with Crippen LogP contribution in [-0.2, 0) is 4.74 Å². The van der Waals surface area contributed by atoms with Crippen LogP contribution in [0.1, 0.15) is 26.3 Å². The fourth-order valence-corrected chi connectivity index (χ4v) is 1.41. The number of aliphatic imine (C=N–C) groups is 1. The Morgan fingerprint density at radius 3 is 2.78 bits per heavy atom. The van der Waals surface area contributed by atoms with Crippen molar-refractivity contribution in [3.63, 3.8) is 0 Å². The van der Waals surface area contributed by atoms with Gasteiger partial charge in [-0.3, -0.25) is 0 Å². The fraction of sp³-hybridized carbons (Fsp3) is 0.385. The lowest BCUT2D eigenvalue weighted by Crippen LogP contribution is -2.21. The molecule has 2 rings (SSSR count). The van der Waals surface area contributed by atoms with Gasteiger partial charge >= 0.3 is 6.09 Å². The third-order valence-electron chi connectivity index (χ3n) is 2.11. The molecule has 0 saturated carbocycles. The van der Waals surface area contributed by atoms with Crippen molar-refractivity contribution < 1.29 is 19.0 Å². The van der Waals surface area contributed by atoms with Crippen LogP contribution in [0.3, 0.4) is 0 Å². The Kier molecular flexibility index (Phi) is 3.23. The van der Waals surface area contributed by atoms with E-state index in [1.54, 1.807) is 39.0 Å². The summed E-state index contributed by atoms with van der Waals surface area (Å²) in [5.41, 5.74) is 0.216. The molecule has 1 aromatic rings. The normalized spacial score (nSPS) is 13.9. The van der Waals surface area contributed by atoms with Gasteiger partial charge in [0.2, 0.25) is 6.79 Å². The van der Waals surface area contributed by atoms with Gasteiger partial charge in [0.1, 0.15) is 5.60 Å². The molecule has 0 spiro atoms. The van der Waals surface area contributed by atoms with Crippen molar-refractivity contribution in [2.75, 3.05) is 6.79 Å². The van der Waals surface area contributed by atoms with E-state index < -0.39 is 11.7 Å². The standard InChI is InChI=1S/C13H15NO4/c1-13(2,3)18-12(15)14-7-9-4-5-10-11(6-9)17-8-16-10/h4-7H,8H2,1-3H3/b14-7-. The van der Waals surface area contributed by atoms with Crippen molar-refractivity contribution in [3.8, 4) is 11.5 Å². The number of carbonyl (C=O) groups is 1. The van der Waals surface area contributed by atoms with E-state index >= 15 is 0 Å². The van der Waals surface area contributed by atoms with Crippen LogP contribution < -0.4 is 9.47 Å². The lowest BCUT2D eigenvalue weighted by molar-refractivity contribution is 0.0605. The number of fused-ring (bicyclic) bond motifs is 1. The minimum Gasteiger partial charge on any atom is -0.454 e. The smallest absolute Gasteiger partial charge is 0.434 e. The number of carbonyl (C=O) groups excluding carboxylic acids is 1. The average molecular weight is 249 g/mol. The quantitative estimate of drug-likeness (QED) is 0.718. The van der Waals surface area contributed by atoms with E-state index in [0.29, 0.717) is 11.5 Å². The lowest BCUT2D eigenvalue weighted by atomic mass is 10.2. The summed E-state index contributed by atoms with van der Waals surface area (Å²) in [6.45, 7) is 5.60. The largest absolute Gasteiger partial charge is 0.454 e. The van der Waals surface area contributed by atoms with Crippen LogP contribution in [0.4, 0.5) is 4.79 Å². The molecule has 1 amide bonds. The van der Waals surface area contributed by atoms with Crippen molar-refractivity contribution in [2.24, 2.45) is 4.99 Å². The number of amides is 1. The predicted molar refractivity (Wildman–Crippen MR) is 66.4 cm³/mol. The summed E-state index contributed by atoms with van der Waals surface area (Å²) in [6, 6.07) is 5.33. The molecule has 18 heavy (non-hydrogen) atoms. The second-order valence-electron chi connectivity index (χ2n) is 4.85. The minimum atomic E-state index is -0.611. The Hall–Kier alpha value is -2.04. The summed E-state index contributed by atoms with van der Waals surface area (Å²) in [6.07, 6.45) is 0.830. The van der Waals surface area contributed by atoms with Crippen LogP contribution in [0, 0.1) is 0 Å². The molecule has 0 N–H and O–H groups in total. The van der Waals surface area contributed by atoms with Gasteiger partial charge in [0.05, 0.1) is 0 Å². The number of rotatable bonds is 1. The third kappa shape index (κ3) is 3.23. The molecule has 0 aliphatic carbocycles. The average Bonchev–Trinajstić information content (AvgIpc) is 2.71. The zero-order valence-electron chi connectivity index (χ0n) is 10.6. The highest BCUT2D eigenvalue weighted by Gasteiger charge is 2.15. The Morgan fingerprint density at radius 2 is 2.06 bits per heavy atom. The number of hydrogen-bond acceptors (Lipinski definition) is 4. The highest BCUT2D eigenvalue weighted by atomic mass is 16.7. The zero-order valence-corrected chi connectivity index (χ0v) is 10.6. The van der Waals surface area contributed by atoms with Crippen LogP contribution in [0.2, 0.25) is 0 Å². The van der Waals surface area contributed by atoms with Gasteiger partial charge in [-0.2, -0.15) is 4.99 Å². The second kappa shape index (κ2) is 4.68. The van der Waals surface area contributed by atoms with E-state index in [9.17, 15) is 4.79 Å². The van der Waals surface area contributed by atoms with Gasteiger partial charge in [-0.1, -0.05) is 0 Å². The first-order chi connectivity index (χ1) is 8.44. The topological polar surface area (TPSA) is 57.1 Å². The summed E-state index contributed by atoms with van der Waals surface area (Å²) in [5.74, 6) is 1.35. The van der Waals surface area contributed by atoms with Gasteiger partial charge < -0.3 is 14.2 Å². The molecule has 0 bridgehead atoms. The van der Waals surface area contributed by atoms with Gasteiger partial charge in [-0.15, -0.1) is 0 Å². The van der Waals surface area contributed by atoms with E-state index in [-0.39, 0.29) is 6.79 Å². The lowest BCUT2D eigenvalue weighted by Gasteiger charge is -2.17. The maximum Gasteiger partial charge on any atom is 0.434 e. The van der Waals surface area contributed by atoms with Crippen LogP contribution in [0.25, 0.3) is 0 Å². The van der Waals surface area contributed by atoms with Gasteiger partial charge in [0.15, 0.2) is 11.5 Å². The third-order valence-corrected chi connectivity index (χ3v) is 2.11. The molecule has 1 heterocycles. The van der Waals surface area contributed by atoms with Gasteiger partial charge in [0, 0.05) is 6.21 Å². The van der Waals surface area contributed by atoms with Crippen molar-refractivity contribution in [2.45, 2.75) is 26.4 Å². The van der Waals surface area contributed by atoms with Gasteiger partial charge in [0.25, 0.3) is 0 Å². The van der Waals surface area contributed by atoms with Crippen LogP contribution in [-0.4, -0.2) is 24.7 Å². The van der Waals surface area contributed by atoms with Crippen LogP contribution in [0.15, 0.2) is 23.2 Å². The van der Waals surface area contributed by atoms with Crippen LogP contribution in [0.5, 0.6) is 11.5 Å². The number of ether oxygens (including phenoxy) is 3. The van der Waals surface area contributed by atoms with E-state index in [4.69, 9.17) is 14.2 Å². The molecule has 0 saturated heterocycles. The number of nitrogens with zero attached hydrogens (tertiary/aromatic N) is 1. The highest BCUT2D eigenvalue weighted by Crippen LogP contribution is 2.31. The molecule has 0 unspecified atom stereocenters. The van der Waals surface area contributed by atoms with E-state index in [1.807, 2.05) is 0 Å². The number of hydrogen-bond donors (Lipinski definition) is 0. The summed E-state index contributed by atoms with van der Waals surface area (Å²) in [4.78, 5) is 15.1. The Labute approximate surface area is 105 Å². The van der Waals surface area contributed by atoms with Crippen LogP contribution >= 0.6 is 0 Å². The van der Waals surface area contributed by atoms with Crippen molar-refractivity contribution >= 4 is 12.3 Å². The maximum atomic E-state index is 11.4. The fourth-order valence-electron chi connectivity index (χ4n) is 1.41. The molecule has 0 radical (unpaired) electrons. The van der Waals surface area contributed by atoms with Crippen molar-refractivity contribution in [1.29, 1.82) is 0 Å². The number of benzene rings is 1. The molecule has 5 nitrogen and oxygen atoms in total. The second-order valence-corrected chi connectivity index (χ2v) is 4.85. The minimum absolute atomic E-state index is 0.224. The molecular weight excluding hydrogens is 234 g/mol. The Balaban J connectivity index is 2.03. The maximum absolute atomic E-state index is 11.4. The summed E-state index contributed by atoms with van der Waals surface area (Å²) in [7, 11) is 0. The predicted octanol–water partition coefficient (Wildman–Crippen LogP) is 2.77. The molecule has 1 aliphatic rings. The van der Waals surface area contributed by atoms with E-state index in [1.165, 1.54) is 6.21 Å². The monoisotopic (exact) mass is 249 g/mol. The van der Waals surface area contributed by atoms with Crippen molar-refractivity contribution in [3.05, 3.63) is 23.8 Å². The van der Waals surface area contributed by atoms with Gasteiger partial charge in [-0.05, 0) is 44.5 Å². The summed E-state index contributed by atoms with van der Waals surface area (Å²) >= 11 is 0. The zero-order chi connectivity index (χ0) is 13.2. The molecule has 96 valence electrons. The van der Waals surface area contributed by atoms with E-state index in [2.05, 4.69) is 4.99 Å². The molecule has 5 heteroatoms. The molecule has 0 atom stereocenters.